The summed E-state index contributed by atoms with van der Waals surface area (Å²) in [6.07, 6.45) is 0. The van der Waals surface area contributed by atoms with E-state index in [2.05, 4.69) is 19.7 Å². The molecule has 0 bridgehead atoms. The van der Waals surface area contributed by atoms with Crippen molar-refractivity contribution in [2.24, 2.45) is 0 Å². The summed E-state index contributed by atoms with van der Waals surface area (Å²) in [5.74, 6) is 1.22. The lowest BCUT2D eigenvalue weighted by molar-refractivity contribution is 0.122. The molecule has 0 aliphatic carbocycles. The van der Waals surface area contributed by atoms with E-state index in [0.29, 0.717) is 0 Å². The summed E-state index contributed by atoms with van der Waals surface area (Å²) in [5.41, 5.74) is 1.82. The van der Waals surface area contributed by atoms with E-state index in [0.717, 1.165) is 75.6 Å². The van der Waals surface area contributed by atoms with Crippen molar-refractivity contribution < 1.29 is 9.13 Å². The van der Waals surface area contributed by atoms with Crippen LogP contribution >= 0.6 is 0 Å². The Bertz CT molecular complexity index is 885. The van der Waals surface area contributed by atoms with Gasteiger partial charge < -0.3 is 19.4 Å². The lowest BCUT2D eigenvalue weighted by atomic mass is 10.2. The minimum Gasteiger partial charge on any atom is -0.378 e. The van der Waals surface area contributed by atoms with Crippen LogP contribution < -0.4 is 14.7 Å². The topological polar surface area (TPSA) is 68.5 Å². The van der Waals surface area contributed by atoms with Crippen LogP contribution in [0.1, 0.15) is 11.3 Å². The maximum atomic E-state index is 13.9. The van der Waals surface area contributed by atoms with Crippen LogP contribution in [-0.4, -0.2) is 62.5 Å². The Morgan fingerprint density at radius 3 is 2.36 bits per heavy atom. The van der Waals surface area contributed by atoms with Gasteiger partial charge in [0, 0.05) is 56.7 Å². The quantitative estimate of drug-likeness (QED) is 0.804. The Morgan fingerprint density at radius 2 is 1.68 bits per heavy atom. The van der Waals surface area contributed by atoms with Gasteiger partial charge >= 0.3 is 0 Å². The summed E-state index contributed by atoms with van der Waals surface area (Å²) in [5, 5.41) is 8.88. The highest BCUT2D eigenvalue weighted by Crippen LogP contribution is 2.23. The minimum absolute atomic E-state index is 0.0752. The molecule has 4 rings (SSSR count). The van der Waals surface area contributed by atoms with E-state index < -0.39 is 5.82 Å². The highest BCUT2D eigenvalue weighted by atomic mass is 19.1. The molecule has 2 aromatic rings. The van der Waals surface area contributed by atoms with Crippen LogP contribution in [0.15, 0.2) is 24.3 Å². The monoisotopic (exact) mass is 382 g/mol. The van der Waals surface area contributed by atoms with Crippen molar-refractivity contribution in [2.45, 2.75) is 6.92 Å². The molecule has 1 aromatic carbocycles. The van der Waals surface area contributed by atoms with Crippen molar-refractivity contribution in [3.63, 3.8) is 0 Å². The number of halogens is 1. The van der Waals surface area contributed by atoms with Crippen LogP contribution in [0.3, 0.4) is 0 Å². The lowest BCUT2D eigenvalue weighted by Crippen LogP contribution is -2.47. The zero-order chi connectivity index (χ0) is 19.5. The zero-order valence-corrected chi connectivity index (χ0v) is 15.9. The van der Waals surface area contributed by atoms with Gasteiger partial charge in [0.15, 0.2) is 0 Å². The first kappa shape index (κ1) is 18.4. The van der Waals surface area contributed by atoms with Gasteiger partial charge in [-0.1, -0.05) is 0 Å². The molecule has 3 heterocycles. The largest absolute Gasteiger partial charge is 0.378 e. The molecule has 1 aromatic heterocycles. The first-order chi connectivity index (χ1) is 13.6. The van der Waals surface area contributed by atoms with Crippen molar-refractivity contribution in [3.05, 3.63) is 41.3 Å². The number of hydrogen-bond donors (Lipinski definition) is 0. The number of morpholine rings is 1. The van der Waals surface area contributed by atoms with Gasteiger partial charge in [-0.15, -0.1) is 0 Å². The van der Waals surface area contributed by atoms with E-state index in [-0.39, 0.29) is 5.56 Å². The Hall–Kier alpha value is -2.92. The SMILES string of the molecule is Cc1cc(N2CCOCC2)nc(N2CCN(c3ccc(C#N)c(F)c3)CC2)n1. The van der Waals surface area contributed by atoms with E-state index in [1.54, 1.807) is 6.07 Å². The molecule has 7 nitrogen and oxygen atoms in total. The second-order valence-corrected chi connectivity index (χ2v) is 7.02. The third kappa shape index (κ3) is 3.85. The van der Waals surface area contributed by atoms with Gasteiger partial charge in [-0.05, 0) is 25.1 Å². The predicted octanol–water partition coefficient (Wildman–Crippen LogP) is 1.96. The predicted molar refractivity (Wildman–Crippen MR) is 105 cm³/mol. The summed E-state index contributed by atoms with van der Waals surface area (Å²) in [4.78, 5) is 15.9. The van der Waals surface area contributed by atoms with Crippen molar-refractivity contribution >= 4 is 17.5 Å². The number of aromatic nitrogens is 2. The molecule has 2 saturated heterocycles. The molecular formula is C20H23FN6O. The molecule has 0 unspecified atom stereocenters. The van der Waals surface area contributed by atoms with Crippen LogP contribution in [0.4, 0.5) is 21.8 Å². The van der Waals surface area contributed by atoms with Crippen LogP contribution in [0.25, 0.3) is 0 Å². The molecule has 2 aliphatic rings. The molecule has 0 N–H and O–H groups in total. The smallest absolute Gasteiger partial charge is 0.227 e. The van der Waals surface area contributed by atoms with Crippen molar-refractivity contribution in [3.8, 4) is 6.07 Å². The Kier molecular flexibility index (Phi) is 5.26. The molecule has 0 saturated carbocycles. The Labute approximate surface area is 164 Å². The second-order valence-electron chi connectivity index (χ2n) is 7.02. The number of ether oxygens (including phenoxy) is 1. The molecule has 0 spiro atoms. The number of hydrogen-bond acceptors (Lipinski definition) is 7. The van der Waals surface area contributed by atoms with Gasteiger partial charge in [0.25, 0.3) is 0 Å². The maximum absolute atomic E-state index is 13.9. The number of nitriles is 1. The summed E-state index contributed by atoms with van der Waals surface area (Å²) in [6, 6.07) is 8.66. The Morgan fingerprint density at radius 1 is 0.964 bits per heavy atom. The fourth-order valence-corrected chi connectivity index (χ4v) is 3.59. The number of nitrogens with zero attached hydrogens (tertiary/aromatic N) is 6. The Balaban J connectivity index is 1.45. The van der Waals surface area contributed by atoms with Crippen LogP contribution in [0.5, 0.6) is 0 Å². The van der Waals surface area contributed by atoms with Crippen molar-refractivity contribution in [2.75, 3.05) is 67.2 Å². The fraction of sp³-hybridized carbons (Fsp3) is 0.450. The van der Waals surface area contributed by atoms with Crippen LogP contribution in [-0.2, 0) is 4.74 Å². The third-order valence-electron chi connectivity index (χ3n) is 5.16. The maximum Gasteiger partial charge on any atom is 0.227 e. The summed E-state index contributed by atoms with van der Waals surface area (Å²) in [6.45, 7) is 8.12. The molecule has 0 radical (unpaired) electrons. The van der Waals surface area contributed by atoms with Gasteiger partial charge in [0.2, 0.25) is 5.95 Å². The first-order valence-electron chi connectivity index (χ1n) is 9.52. The van der Waals surface area contributed by atoms with Gasteiger partial charge in [-0.25, -0.2) is 9.37 Å². The van der Waals surface area contributed by atoms with E-state index >= 15 is 0 Å². The van der Waals surface area contributed by atoms with E-state index in [1.807, 2.05) is 19.1 Å². The second kappa shape index (κ2) is 7.98. The molecule has 0 atom stereocenters. The van der Waals surface area contributed by atoms with Gasteiger partial charge in [0.05, 0.1) is 18.8 Å². The fourth-order valence-electron chi connectivity index (χ4n) is 3.59. The number of anilines is 3. The van der Waals surface area contributed by atoms with Crippen LogP contribution in [0, 0.1) is 24.1 Å². The van der Waals surface area contributed by atoms with E-state index in [4.69, 9.17) is 15.0 Å². The van der Waals surface area contributed by atoms with Gasteiger partial charge in [-0.2, -0.15) is 10.2 Å². The molecule has 28 heavy (non-hydrogen) atoms. The summed E-state index contributed by atoms with van der Waals surface area (Å²) in [7, 11) is 0. The highest BCUT2D eigenvalue weighted by molar-refractivity contribution is 5.53. The summed E-state index contributed by atoms with van der Waals surface area (Å²) >= 11 is 0. The first-order valence-corrected chi connectivity index (χ1v) is 9.52. The summed E-state index contributed by atoms with van der Waals surface area (Å²) < 4.78 is 19.3. The molecular weight excluding hydrogens is 359 g/mol. The highest BCUT2D eigenvalue weighted by Gasteiger charge is 2.22. The van der Waals surface area contributed by atoms with Crippen molar-refractivity contribution in [1.82, 2.24) is 9.97 Å². The molecule has 0 amide bonds. The van der Waals surface area contributed by atoms with Crippen molar-refractivity contribution in [1.29, 1.82) is 5.26 Å². The minimum atomic E-state index is -0.473. The standard InChI is InChI=1S/C20H23FN6O/c1-15-12-19(26-8-10-28-11-9-26)24-20(23-15)27-6-4-25(5-7-27)17-3-2-16(14-22)18(21)13-17/h2-3,12-13H,4-11H2,1H3. The van der Waals surface area contributed by atoms with Gasteiger partial charge in [0.1, 0.15) is 17.7 Å². The number of piperazine rings is 1. The normalized spacial score (nSPS) is 17.5. The van der Waals surface area contributed by atoms with E-state index in [9.17, 15) is 4.39 Å². The molecule has 2 aliphatic heterocycles. The molecule has 8 heteroatoms. The number of aryl methyl sites for hydroxylation is 1. The van der Waals surface area contributed by atoms with Gasteiger partial charge in [-0.3, -0.25) is 0 Å². The lowest BCUT2D eigenvalue weighted by Gasteiger charge is -2.36. The molecule has 146 valence electrons. The zero-order valence-electron chi connectivity index (χ0n) is 15.9. The molecule has 2 fully saturated rings. The number of benzene rings is 1. The van der Waals surface area contributed by atoms with Crippen LogP contribution in [0.2, 0.25) is 0 Å². The average molecular weight is 382 g/mol. The van der Waals surface area contributed by atoms with E-state index in [1.165, 1.54) is 12.1 Å². The third-order valence-corrected chi connectivity index (χ3v) is 5.16. The average Bonchev–Trinajstić information content (AvgIpc) is 2.74. The number of rotatable bonds is 3.